The number of hydrogen-bond acceptors (Lipinski definition) is 3. The van der Waals surface area contributed by atoms with Crippen LogP contribution in [0.1, 0.15) is 54.0 Å². The van der Waals surface area contributed by atoms with Crippen molar-refractivity contribution in [2.24, 2.45) is 17.8 Å². The van der Waals surface area contributed by atoms with Gasteiger partial charge < -0.3 is 0 Å². The van der Waals surface area contributed by atoms with E-state index in [1.807, 2.05) is 5.38 Å². The highest BCUT2D eigenvalue weighted by atomic mass is 32.1. The number of carbonyl (C=O) groups excluding carboxylic acids is 1. The summed E-state index contributed by atoms with van der Waals surface area (Å²) in [5, 5.41) is 3.19. The summed E-state index contributed by atoms with van der Waals surface area (Å²) in [6.45, 7) is 0. The summed E-state index contributed by atoms with van der Waals surface area (Å²) in [5.41, 5.74) is 1.00. The Morgan fingerprint density at radius 1 is 1.18 bits per heavy atom. The molecule has 1 aromatic rings. The van der Waals surface area contributed by atoms with E-state index in [4.69, 9.17) is 0 Å². The second kappa shape index (κ2) is 3.41. The lowest BCUT2D eigenvalue weighted by molar-refractivity contribution is -0.00530. The van der Waals surface area contributed by atoms with Crippen molar-refractivity contribution in [2.75, 3.05) is 0 Å². The topological polar surface area (TPSA) is 30.0 Å². The third-order valence-electron chi connectivity index (χ3n) is 5.13. The van der Waals surface area contributed by atoms with Crippen molar-refractivity contribution in [2.45, 2.75) is 43.9 Å². The lowest BCUT2D eigenvalue weighted by Gasteiger charge is -2.56. The van der Waals surface area contributed by atoms with Gasteiger partial charge in [0.15, 0.2) is 6.29 Å². The van der Waals surface area contributed by atoms with Gasteiger partial charge in [-0.05, 0) is 56.3 Å². The summed E-state index contributed by atoms with van der Waals surface area (Å²) >= 11 is 1.72. The fraction of sp³-hybridized carbons (Fsp3) is 0.714. The van der Waals surface area contributed by atoms with Crippen LogP contribution in [0.25, 0.3) is 0 Å². The molecule has 0 unspecified atom stereocenters. The fourth-order valence-corrected chi connectivity index (χ4v) is 5.96. The molecule has 0 N–H and O–H groups in total. The van der Waals surface area contributed by atoms with E-state index in [2.05, 4.69) is 4.98 Å². The van der Waals surface area contributed by atoms with Crippen LogP contribution in [-0.4, -0.2) is 11.3 Å². The Balaban J connectivity index is 1.74. The quantitative estimate of drug-likeness (QED) is 0.749. The van der Waals surface area contributed by atoms with Gasteiger partial charge in [-0.2, -0.15) is 0 Å². The largest absolute Gasteiger partial charge is 0.296 e. The van der Waals surface area contributed by atoms with Crippen LogP contribution in [-0.2, 0) is 5.41 Å². The van der Waals surface area contributed by atoms with E-state index in [1.54, 1.807) is 11.3 Å². The van der Waals surface area contributed by atoms with Gasteiger partial charge in [0.25, 0.3) is 0 Å². The maximum atomic E-state index is 10.8. The van der Waals surface area contributed by atoms with Gasteiger partial charge in [0, 0.05) is 10.8 Å². The first-order valence-electron chi connectivity index (χ1n) is 6.68. The molecular formula is C14H17NOS. The molecule has 0 spiro atoms. The first-order chi connectivity index (χ1) is 8.27. The minimum atomic E-state index is 0.362. The van der Waals surface area contributed by atoms with Gasteiger partial charge in [0.1, 0.15) is 5.69 Å². The van der Waals surface area contributed by atoms with E-state index >= 15 is 0 Å². The van der Waals surface area contributed by atoms with Crippen LogP contribution in [0.2, 0.25) is 0 Å². The molecule has 17 heavy (non-hydrogen) atoms. The molecule has 4 saturated carbocycles. The zero-order chi connectivity index (χ0) is 11.5. The molecular weight excluding hydrogens is 230 g/mol. The van der Waals surface area contributed by atoms with Crippen LogP contribution in [0.4, 0.5) is 0 Å². The summed E-state index contributed by atoms with van der Waals surface area (Å²) in [6.07, 6.45) is 9.29. The van der Waals surface area contributed by atoms with Crippen LogP contribution in [0.3, 0.4) is 0 Å². The zero-order valence-electron chi connectivity index (χ0n) is 9.89. The Morgan fingerprint density at radius 2 is 1.76 bits per heavy atom. The van der Waals surface area contributed by atoms with E-state index in [9.17, 15) is 4.79 Å². The van der Waals surface area contributed by atoms with Gasteiger partial charge >= 0.3 is 0 Å². The van der Waals surface area contributed by atoms with Crippen LogP contribution >= 0.6 is 11.3 Å². The average molecular weight is 247 g/mol. The number of hydrogen-bond donors (Lipinski definition) is 0. The van der Waals surface area contributed by atoms with Crippen molar-refractivity contribution >= 4 is 17.6 Å². The van der Waals surface area contributed by atoms with Gasteiger partial charge in [-0.25, -0.2) is 4.98 Å². The predicted octanol–water partition coefficient (Wildman–Crippen LogP) is 3.42. The molecule has 1 heterocycles. The minimum Gasteiger partial charge on any atom is -0.296 e. The third-order valence-corrected chi connectivity index (χ3v) is 6.24. The van der Waals surface area contributed by atoms with Crippen molar-refractivity contribution in [3.8, 4) is 0 Å². The Kier molecular flexibility index (Phi) is 2.05. The molecule has 0 saturated heterocycles. The molecule has 4 fully saturated rings. The molecule has 0 amide bonds. The lowest BCUT2D eigenvalue weighted by Crippen LogP contribution is -2.48. The van der Waals surface area contributed by atoms with Crippen molar-refractivity contribution in [3.05, 3.63) is 16.1 Å². The molecule has 2 nitrogen and oxygen atoms in total. The molecule has 0 atom stereocenters. The third kappa shape index (κ3) is 1.44. The molecule has 5 rings (SSSR count). The number of rotatable bonds is 2. The Morgan fingerprint density at radius 3 is 2.24 bits per heavy atom. The highest BCUT2D eigenvalue weighted by molar-refractivity contribution is 7.10. The zero-order valence-corrected chi connectivity index (χ0v) is 10.7. The van der Waals surface area contributed by atoms with E-state index in [0.717, 1.165) is 24.0 Å². The van der Waals surface area contributed by atoms with Crippen molar-refractivity contribution in [1.82, 2.24) is 4.98 Å². The van der Waals surface area contributed by atoms with Gasteiger partial charge in [0.2, 0.25) is 0 Å². The highest BCUT2D eigenvalue weighted by Crippen LogP contribution is 2.60. The average Bonchev–Trinajstić information content (AvgIpc) is 2.76. The summed E-state index contributed by atoms with van der Waals surface area (Å²) in [6, 6.07) is 0. The van der Waals surface area contributed by atoms with Crippen LogP contribution in [0, 0.1) is 17.8 Å². The first kappa shape index (κ1) is 10.2. The standard InChI is InChI=1S/C14H17NOS/c16-7-12-8-17-13(15-12)14-4-9-1-10(5-14)3-11(2-9)6-14/h7-11H,1-6H2. The molecule has 4 aliphatic carbocycles. The summed E-state index contributed by atoms with van der Waals surface area (Å²) < 4.78 is 0. The molecule has 1 aromatic heterocycles. The smallest absolute Gasteiger partial charge is 0.169 e. The maximum absolute atomic E-state index is 10.8. The van der Waals surface area contributed by atoms with Gasteiger partial charge in [0.05, 0.1) is 5.01 Å². The predicted molar refractivity (Wildman–Crippen MR) is 67.4 cm³/mol. The van der Waals surface area contributed by atoms with Crippen LogP contribution in [0.15, 0.2) is 5.38 Å². The van der Waals surface area contributed by atoms with Crippen molar-refractivity contribution in [1.29, 1.82) is 0 Å². The number of aldehydes is 1. The van der Waals surface area contributed by atoms with Gasteiger partial charge in [-0.15, -0.1) is 11.3 Å². The maximum Gasteiger partial charge on any atom is 0.169 e. The summed E-state index contributed by atoms with van der Waals surface area (Å²) in [7, 11) is 0. The van der Waals surface area contributed by atoms with E-state index in [1.165, 1.54) is 43.5 Å². The molecule has 3 heteroatoms. The monoisotopic (exact) mass is 247 g/mol. The molecule has 90 valence electrons. The summed E-state index contributed by atoms with van der Waals surface area (Å²) in [4.78, 5) is 15.4. The Hall–Kier alpha value is -0.700. The van der Waals surface area contributed by atoms with Crippen molar-refractivity contribution < 1.29 is 4.79 Å². The minimum absolute atomic E-state index is 0.362. The lowest BCUT2D eigenvalue weighted by atomic mass is 9.50. The normalized spacial score (nSPS) is 42.9. The van der Waals surface area contributed by atoms with Crippen molar-refractivity contribution in [3.63, 3.8) is 0 Å². The van der Waals surface area contributed by atoms with E-state index < -0.39 is 0 Å². The molecule has 4 aliphatic rings. The van der Waals surface area contributed by atoms with Crippen LogP contribution in [0.5, 0.6) is 0 Å². The number of aromatic nitrogens is 1. The number of nitrogens with zero attached hydrogens (tertiary/aromatic N) is 1. The fourth-order valence-electron chi connectivity index (χ4n) is 4.96. The first-order valence-corrected chi connectivity index (χ1v) is 7.56. The second-order valence-electron chi connectivity index (χ2n) is 6.39. The Labute approximate surface area is 105 Å². The van der Waals surface area contributed by atoms with Gasteiger partial charge in [-0.3, -0.25) is 4.79 Å². The van der Waals surface area contributed by atoms with E-state index in [0.29, 0.717) is 11.1 Å². The Bertz CT molecular complexity index is 429. The molecule has 4 bridgehead atoms. The van der Waals surface area contributed by atoms with Gasteiger partial charge in [-0.1, -0.05) is 0 Å². The number of carbonyl (C=O) groups is 1. The van der Waals surface area contributed by atoms with E-state index in [-0.39, 0.29) is 0 Å². The molecule has 0 aromatic carbocycles. The molecule has 0 radical (unpaired) electrons. The second-order valence-corrected chi connectivity index (χ2v) is 7.25. The summed E-state index contributed by atoms with van der Waals surface area (Å²) in [5.74, 6) is 2.85. The van der Waals surface area contributed by atoms with Crippen LogP contribution < -0.4 is 0 Å². The number of thiazole rings is 1. The highest BCUT2D eigenvalue weighted by Gasteiger charge is 2.52. The molecule has 0 aliphatic heterocycles. The SMILES string of the molecule is O=Cc1csc(C23CC4CC(CC(C4)C2)C3)n1.